The third-order valence-corrected chi connectivity index (χ3v) is 12.0. The van der Waals surface area contributed by atoms with Gasteiger partial charge in [0, 0.05) is 29.8 Å². The number of amides is 4. The van der Waals surface area contributed by atoms with Crippen LogP contribution in [0.4, 0.5) is 0 Å². The standard InChI is InChI=1S/C41H51ClN6O6S/c1-5-12-29(35(50)38(52)43-23-34-44-28-17-9-10-18-32(28)55-34)45-37(51)31-22-41(21-30(47-54-41)26-15-11-16-27(42)20-26)24-48(31)39(53)36(40(2,3)4)46-33(49)19-25-13-7-6-8-14-25/h9-11,15-18,20,25,29,31,36H,5-8,12-14,19,21-24H2,1-4H3,(H,43,52)(H,45,51)(H,46,49)/t29-,31-,36+,41?/m0/s1. The molecule has 3 N–H and O–H groups in total. The van der Waals surface area contributed by atoms with Crippen LogP contribution in [0.3, 0.4) is 0 Å². The van der Waals surface area contributed by atoms with E-state index in [0.717, 1.165) is 41.5 Å². The summed E-state index contributed by atoms with van der Waals surface area (Å²) in [5, 5.41) is 14.1. The first-order valence-electron chi connectivity index (χ1n) is 19.3. The highest BCUT2D eigenvalue weighted by molar-refractivity contribution is 7.18. The van der Waals surface area contributed by atoms with Crippen LogP contribution in [0.25, 0.3) is 10.2 Å². The minimum atomic E-state index is -1.13. The highest BCUT2D eigenvalue weighted by Crippen LogP contribution is 2.40. The van der Waals surface area contributed by atoms with Gasteiger partial charge in [0.1, 0.15) is 17.1 Å². The summed E-state index contributed by atoms with van der Waals surface area (Å²) in [6, 6.07) is 11.7. The molecule has 3 aromatic rings. The molecular weight excluding hydrogens is 740 g/mol. The summed E-state index contributed by atoms with van der Waals surface area (Å²) in [4.78, 5) is 81.3. The van der Waals surface area contributed by atoms with E-state index in [-0.39, 0.29) is 37.8 Å². The Balaban J connectivity index is 1.20. The van der Waals surface area contributed by atoms with Crippen molar-refractivity contribution >= 4 is 68.3 Å². The molecule has 0 bridgehead atoms. The van der Waals surface area contributed by atoms with Gasteiger partial charge in [-0.1, -0.05) is 94.4 Å². The highest BCUT2D eigenvalue weighted by atomic mass is 35.5. The summed E-state index contributed by atoms with van der Waals surface area (Å²) in [7, 11) is 0. The number of hydrogen-bond donors (Lipinski definition) is 3. The van der Waals surface area contributed by atoms with Gasteiger partial charge in [-0.25, -0.2) is 4.98 Å². The van der Waals surface area contributed by atoms with E-state index in [2.05, 4.69) is 26.1 Å². The highest BCUT2D eigenvalue weighted by Gasteiger charge is 2.55. The Morgan fingerprint density at radius 2 is 1.80 bits per heavy atom. The van der Waals surface area contributed by atoms with Crippen molar-refractivity contribution in [3.63, 3.8) is 0 Å². The van der Waals surface area contributed by atoms with Gasteiger partial charge in [-0.05, 0) is 54.9 Å². The maximum atomic E-state index is 14.7. The number of halogens is 1. The molecule has 6 rings (SSSR count). The molecule has 4 atom stereocenters. The predicted molar refractivity (Wildman–Crippen MR) is 212 cm³/mol. The number of likely N-dealkylation sites (tertiary alicyclic amines) is 1. The molecular formula is C41H51ClN6O6S. The quantitative estimate of drug-likeness (QED) is 0.177. The van der Waals surface area contributed by atoms with Crippen molar-refractivity contribution < 1.29 is 28.8 Å². The van der Waals surface area contributed by atoms with Crippen LogP contribution in [-0.2, 0) is 35.4 Å². The van der Waals surface area contributed by atoms with Gasteiger partial charge < -0.3 is 25.7 Å². The molecule has 55 heavy (non-hydrogen) atoms. The Morgan fingerprint density at radius 1 is 1.04 bits per heavy atom. The molecule has 14 heteroatoms. The number of benzene rings is 2. The number of hydrogen-bond acceptors (Lipinski definition) is 9. The second-order valence-corrected chi connectivity index (χ2v) is 17.8. The lowest BCUT2D eigenvalue weighted by Gasteiger charge is -2.36. The number of ketones is 1. The summed E-state index contributed by atoms with van der Waals surface area (Å²) in [6.07, 6.45) is 6.80. The number of carbonyl (C=O) groups is 5. The lowest BCUT2D eigenvalue weighted by molar-refractivity contribution is -0.145. The molecule has 2 aromatic carbocycles. The van der Waals surface area contributed by atoms with Gasteiger partial charge in [0.25, 0.3) is 5.91 Å². The number of carbonyl (C=O) groups excluding carboxylic acids is 5. The fourth-order valence-corrected chi connectivity index (χ4v) is 8.96. The number of nitrogens with one attached hydrogen (secondary N) is 3. The Bertz CT molecular complexity index is 1920. The van der Waals surface area contributed by atoms with Crippen LogP contribution in [0.2, 0.25) is 5.02 Å². The number of oxime groups is 1. The first-order chi connectivity index (χ1) is 26.2. The van der Waals surface area contributed by atoms with Crippen molar-refractivity contribution in [2.75, 3.05) is 6.54 Å². The van der Waals surface area contributed by atoms with Crippen LogP contribution < -0.4 is 16.0 Å². The van der Waals surface area contributed by atoms with Crippen LogP contribution in [0.5, 0.6) is 0 Å². The van der Waals surface area contributed by atoms with Gasteiger partial charge in [-0.15, -0.1) is 11.3 Å². The topological polar surface area (TPSA) is 159 Å². The van der Waals surface area contributed by atoms with Crippen molar-refractivity contribution in [1.82, 2.24) is 25.8 Å². The van der Waals surface area contributed by atoms with Crippen molar-refractivity contribution in [2.45, 2.75) is 122 Å². The van der Waals surface area contributed by atoms with E-state index in [9.17, 15) is 24.0 Å². The van der Waals surface area contributed by atoms with Crippen molar-refractivity contribution in [2.24, 2.45) is 16.5 Å². The minimum absolute atomic E-state index is 0.0254. The molecule has 12 nitrogen and oxygen atoms in total. The van der Waals surface area contributed by atoms with Crippen LogP contribution in [0.1, 0.15) is 102 Å². The average molecular weight is 791 g/mol. The number of para-hydroxylation sites is 1. The monoisotopic (exact) mass is 790 g/mol. The van der Waals surface area contributed by atoms with E-state index in [1.54, 1.807) is 12.1 Å². The van der Waals surface area contributed by atoms with E-state index < -0.39 is 52.6 Å². The second kappa shape index (κ2) is 17.2. The van der Waals surface area contributed by atoms with Gasteiger partial charge in [-0.3, -0.25) is 24.0 Å². The molecule has 1 aliphatic carbocycles. The fourth-order valence-electron chi connectivity index (χ4n) is 7.86. The lowest BCUT2D eigenvalue weighted by atomic mass is 9.84. The maximum Gasteiger partial charge on any atom is 0.289 e. The van der Waals surface area contributed by atoms with Crippen molar-refractivity contribution in [3.8, 4) is 0 Å². The van der Waals surface area contributed by atoms with E-state index in [1.165, 1.54) is 22.7 Å². The fraction of sp³-hybridized carbons (Fsp3) is 0.537. The molecule has 3 heterocycles. The van der Waals surface area contributed by atoms with Crippen LogP contribution in [0, 0.1) is 11.3 Å². The van der Waals surface area contributed by atoms with Crippen LogP contribution in [-0.4, -0.2) is 75.3 Å². The lowest BCUT2D eigenvalue weighted by Crippen LogP contribution is -2.59. The summed E-state index contributed by atoms with van der Waals surface area (Å²) in [6.45, 7) is 7.59. The predicted octanol–water partition coefficient (Wildman–Crippen LogP) is 6.09. The third kappa shape index (κ3) is 9.72. The molecule has 3 aliphatic rings. The summed E-state index contributed by atoms with van der Waals surface area (Å²) >= 11 is 7.71. The van der Waals surface area contributed by atoms with E-state index >= 15 is 0 Å². The zero-order valence-electron chi connectivity index (χ0n) is 32.0. The number of Topliss-reactive ketones (excluding diaryl/α,β-unsaturated/α-hetero) is 1. The molecule has 4 amide bonds. The molecule has 294 valence electrons. The molecule has 0 radical (unpaired) electrons. The van der Waals surface area contributed by atoms with Gasteiger partial charge in [0.15, 0.2) is 5.60 Å². The number of aromatic nitrogens is 1. The zero-order chi connectivity index (χ0) is 39.3. The number of fused-ring (bicyclic) bond motifs is 1. The molecule has 2 fully saturated rings. The first kappa shape index (κ1) is 40.3. The third-order valence-electron chi connectivity index (χ3n) is 10.8. The maximum absolute atomic E-state index is 14.7. The van der Waals surface area contributed by atoms with Crippen molar-refractivity contribution in [3.05, 3.63) is 64.1 Å². The molecule has 2 aliphatic heterocycles. The van der Waals surface area contributed by atoms with Crippen LogP contribution in [0.15, 0.2) is 53.7 Å². The van der Waals surface area contributed by atoms with Crippen molar-refractivity contribution in [1.29, 1.82) is 0 Å². The second-order valence-electron chi connectivity index (χ2n) is 16.2. The Kier molecular flexibility index (Phi) is 12.6. The van der Waals surface area contributed by atoms with Gasteiger partial charge >= 0.3 is 0 Å². The van der Waals surface area contributed by atoms with Gasteiger partial charge in [-0.2, -0.15) is 0 Å². The summed E-state index contributed by atoms with van der Waals surface area (Å²) in [5.74, 6) is -2.54. The van der Waals surface area contributed by atoms with Gasteiger partial charge in [0.05, 0.1) is 35.1 Å². The zero-order valence-corrected chi connectivity index (χ0v) is 33.6. The molecule has 1 aromatic heterocycles. The van der Waals surface area contributed by atoms with Crippen LogP contribution >= 0.6 is 22.9 Å². The molecule has 1 unspecified atom stereocenters. The largest absolute Gasteiger partial charge is 0.387 e. The number of rotatable bonds is 13. The Labute approximate surface area is 331 Å². The van der Waals surface area contributed by atoms with E-state index in [0.29, 0.717) is 35.0 Å². The minimum Gasteiger partial charge on any atom is -0.387 e. The normalized spacial score (nSPS) is 21.1. The van der Waals surface area contributed by atoms with E-state index in [1.807, 2.05) is 64.1 Å². The SMILES string of the molecule is CCC[C@H](NC(=O)[C@@H]1CC2(CC(c3cccc(Cl)c3)=NO2)CN1C(=O)[C@@H](NC(=O)CC1CCCCC1)C(C)(C)C)C(=O)C(=O)NCc1nc2ccccc2s1. The number of nitrogens with zero attached hydrogens (tertiary/aromatic N) is 3. The van der Waals surface area contributed by atoms with E-state index in [4.69, 9.17) is 16.4 Å². The number of thiazole rings is 1. The average Bonchev–Trinajstić information content (AvgIpc) is 3.88. The Morgan fingerprint density at radius 3 is 2.51 bits per heavy atom. The smallest absolute Gasteiger partial charge is 0.289 e. The summed E-state index contributed by atoms with van der Waals surface area (Å²) < 4.78 is 0.969. The molecule has 1 saturated carbocycles. The molecule has 1 spiro atoms. The Hall–Kier alpha value is -4.36. The van der Waals surface area contributed by atoms with Gasteiger partial charge in [0.2, 0.25) is 23.5 Å². The summed E-state index contributed by atoms with van der Waals surface area (Å²) in [5.41, 5.74) is 0.470. The first-order valence-corrected chi connectivity index (χ1v) is 20.5. The molecule has 1 saturated heterocycles.